The van der Waals surface area contributed by atoms with E-state index in [-0.39, 0.29) is 0 Å². The van der Waals surface area contributed by atoms with Crippen molar-refractivity contribution in [3.05, 3.63) is 35.4 Å². The van der Waals surface area contributed by atoms with Crippen molar-refractivity contribution in [1.29, 1.82) is 10.5 Å². The van der Waals surface area contributed by atoms with E-state index < -0.39 is 11.2 Å². The van der Waals surface area contributed by atoms with Crippen molar-refractivity contribution in [2.75, 3.05) is 0 Å². The number of rotatable bonds is 4. The molecule has 1 rings (SSSR count). The van der Waals surface area contributed by atoms with Gasteiger partial charge in [0.2, 0.25) is 0 Å². The predicted molar refractivity (Wildman–Crippen MR) is 65.9 cm³/mol. The van der Waals surface area contributed by atoms with Crippen LogP contribution in [0.15, 0.2) is 24.3 Å². The molecule has 0 heterocycles. The number of benzene rings is 1. The van der Waals surface area contributed by atoms with Gasteiger partial charge in [-0.15, -0.1) is 0 Å². The summed E-state index contributed by atoms with van der Waals surface area (Å²) in [7, 11) is 0. The van der Waals surface area contributed by atoms with Gasteiger partial charge in [-0.1, -0.05) is 24.3 Å². The van der Waals surface area contributed by atoms with Gasteiger partial charge >= 0.3 is 0 Å². The standard InChI is InChI=1S/C14H16N2O2/c1-13(2,17-9-15)11-5-7-12(8-6-11)14(3,4)18-10-16/h5-8H,1-4H3. The molecule has 0 bridgehead atoms. The lowest BCUT2D eigenvalue weighted by molar-refractivity contribution is 0.0664. The van der Waals surface area contributed by atoms with Gasteiger partial charge < -0.3 is 9.47 Å². The second kappa shape index (κ2) is 4.98. The van der Waals surface area contributed by atoms with Gasteiger partial charge in [0.1, 0.15) is 11.2 Å². The van der Waals surface area contributed by atoms with E-state index >= 15 is 0 Å². The van der Waals surface area contributed by atoms with Crippen LogP contribution in [0, 0.1) is 23.0 Å². The molecule has 94 valence electrons. The normalized spacial score (nSPS) is 11.2. The van der Waals surface area contributed by atoms with Gasteiger partial charge in [-0.2, -0.15) is 10.5 Å². The molecule has 4 nitrogen and oxygen atoms in total. The summed E-state index contributed by atoms with van der Waals surface area (Å²) in [5, 5.41) is 17.2. The Morgan fingerprint density at radius 1 is 0.778 bits per heavy atom. The zero-order valence-corrected chi connectivity index (χ0v) is 11.0. The lowest BCUT2D eigenvalue weighted by Crippen LogP contribution is -2.21. The topological polar surface area (TPSA) is 66.0 Å². The van der Waals surface area contributed by atoms with E-state index in [0.29, 0.717) is 0 Å². The van der Waals surface area contributed by atoms with Gasteiger partial charge in [0.25, 0.3) is 12.5 Å². The third-order valence-electron chi connectivity index (χ3n) is 2.88. The minimum Gasteiger partial charge on any atom is -0.417 e. The Hall–Kier alpha value is -2.20. The molecule has 0 aliphatic carbocycles. The van der Waals surface area contributed by atoms with Crippen molar-refractivity contribution >= 4 is 0 Å². The summed E-state index contributed by atoms with van der Waals surface area (Å²) >= 11 is 0. The number of nitriles is 2. The number of hydrogen-bond acceptors (Lipinski definition) is 4. The van der Waals surface area contributed by atoms with Crippen molar-refractivity contribution in [2.45, 2.75) is 38.9 Å². The van der Waals surface area contributed by atoms with Crippen molar-refractivity contribution in [3.8, 4) is 12.5 Å². The molecule has 0 aromatic heterocycles. The van der Waals surface area contributed by atoms with Crippen LogP contribution in [-0.2, 0) is 20.7 Å². The van der Waals surface area contributed by atoms with Crippen molar-refractivity contribution in [2.24, 2.45) is 0 Å². The van der Waals surface area contributed by atoms with Crippen LogP contribution in [-0.4, -0.2) is 0 Å². The molecule has 0 aliphatic heterocycles. The lowest BCUT2D eigenvalue weighted by atomic mass is 9.92. The van der Waals surface area contributed by atoms with Gasteiger partial charge in [0, 0.05) is 0 Å². The van der Waals surface area contributed by atoms with E-state index in [1.54, 1.807) is 12.5 Å². The molecule has 0 saturated carbocycles. The third kappa shape index (κ3) is 2.93. The van der Waals surface area contributed by atoms with Gasteiger partial charge in [0.15, 0.2) is 0 Å². The Morgan fingerprint density at radius 3 is 1.28 bits per heavy atom. The first-order chi connectivity index (χ1) is 8.33. The average Bonchev–Trinajstić information content (AvgIpc) is 2.29. The maximum absolute atomic E-state index is 8.59. The highest BCUT2D eigenvalue weighted by Gasteiger charge is 2.25. The first-order valence-electron chi connectivity index (χ1n) is 5.59. The first-order valence-corrected chi connectivity index (χ1v) is 5.59. The lowest BCUT2D eigenvalue weighted by Gasteiger charge is -2.25. The molecule has 1 aromatic carbocycles. The fourth-order valence-electron chi connectivity index (χ4n) is 1.62. The molecule has 0 amide bonds. The van der Waals surface area contributed by atoms with Crippen molar-refractivity contribution in [1.82, 2.24) is 0 Å². The molecule has 4 heteroatoms. The Morgan fingerprint density at radius 2 is 1.06 bits per heavy atom. The summed E-state index contributed by atoms with van der Waals surface area (Å²) in [6, 6.07) is 7.48. The highest BCUT2D eigenvalue weighted by atomic mass is 16.5. The highest BCUT2D eigenvalue weighted by Crippen LogP contribution is 2.29. The molecule has 0 N–H and O–H groups in total. The molecule has 1 aromatic rings. The van der Waals surface area contributed by atoms with Crippen molar-refractivity contribution in [3.63, 3.8) is 0 Å². The Bertz CT molecular complexity index is 443. The van der Waals surface area contributed by atoms with Gasteiger partial charge in [-0.3, -0.25) is 0 Å². The quantitative estimate of drug-likeness (QED) is 0.763. The minimum atomic E-state index is -0.659. The summed E-state index contributed by atoms with van der Waals surface area (Å²) in [6.45, 7) is 7.29. The van der Waals surface area contributed by atoms with Crippen LogP contribution in [0.2, 0.25) is 0 Å². The van der Waals surface area contributed by atoms with Crippen LogP contribution in [0.3, 0.4) is 0 Å². The van der Waals surface area contributed by atoms with Crippen LogP contribution in [0.25, 0.3) is 0 Å². The number of nitrogens with zero attached hydrogens (tertiary/aromatic N) is 2. The summed E-state index contributed by atoms with van der Waals surface area (Å²) in [5.74, 6) is 0. The predicted octanol–water partition coefficient (Wildman–Crippen LogP) is 3.15. The molecule has 0 unspecified atom stereocenters. The maximum atomic E-state index is 8.59. The van der Waals surface area contributed by atoms with E-state index in [1.807, 2.05) is 52.0 Å². The monoisotopic (exact) mass is 244 g/mol. The minimum absolute atomic E-state index is 0.659. The van der Waals surface area contributed by atoms with E-state index in [1.165, 1.54) is 0 Å². The summed E-state index contributed by atoms with van der Waals surface area (Å²) in [4.78, 5) is 0. The molecule has 0 spiro atoms. The second-order valence-corrected chi connectivity index (χ2v) is 4.98. The summed E-state index contributed by atoms with van der Waals surface area (Å²) in [5.41, 5.74) is 0.460. The van der Waals surface area contributed by atoms with Crippen molar-refractivity contribution < 1.29 is 9.47 Å². The molecule has 0 radical (unpaired) electrons. The molecule has 0 fully saturated rings. The van der Waals surface area contributed by atoms with Crippen LogP contribution in [0.5, 0.6) is 0 Å². The van der Waals surface area contributed by atoms with Crippen LogP contribution in [0.1, 0.15) is 38.8 Å². The average molecular weight is 244 g/mol. The van der Waals surface area contributed by atoms with E-state index in [2.05, 4.69) is 0 Å². The molecule has 18 heavy (non-hydrogen) atoms. The second-order valence-electron chi connectivity index (χ2n) is 4.98. The SMILES string of the molecule is CC(C)(OC#N)c1ccc(C(C)(C)OC#N)cc1. The van der Waals surface area contributed by atoms with Gasteiger partial charge in [0.05, 0.1) is 0 Å². The fourth-order valence-corrected chi connectivity index (χ4v) is 1.62. The Kier molecular flexibility index (Phi) is 3.83. The van der Waals surface area contributed by atoms with Gasteiger partial charge in [-0.05, 0) is 38.8 Å². The number of ether oxygens (including phenoxy) is 2. The molecular weight excluding hydrogens is 228 g/mol. The summed E-state index contributed by atoms with van der Waals surface area (Å²) in [6.07, 6.45) is 3.41. The molecule has 0 saturated heterocycles. The third-order valence-corrected chi connectivity index (χ3v) is 2.88. The van der Waals surface area contributed by atoms with Crippen LogP contribution >= 0.6 is 0 Å². The Balaban J connectivity index is 3.01. The Labute approximate surface area is 107 Å². The molecular formula is C14H16N2O2. The number of hydrogen-bond donors (Lipinski definition) is 0. The largest absolute Gasteiger partial charge is 0.417 e. The van der Waals surface area contributed by atoms with Gasteiger partial charge in [-0.25, -0.2) is 0 Å². The van der Waals surface area contributed by atoms with Crippen LogP contribution < -0.4 is 0 Å². The smallest absolute Gasteiger partial charge is 0.287 e. The first kappa shape index (κ1) is 13.9. The molecule has 0 atom stereocenters. The molecule has 0 aliphatic rings. The summed E-state index contributed by atoms with van der Waals surface area (Å²) < 4.78 is 10.0. The van der Waals surface area contributed by atoms with E-state index in [9.17, 15) is 0 Å². The van der Waals surface area contributed by atoms with Crippen LogP contribution in [0.4, 0.5) is 0 Å². The van der Waals surface area contributed by atoms with E-state index in [4.69, 9.17) is 20.0 Å². The zero-order valence-electron chi connectivity index (χ0n) is 11.0. The highest BCUT2D eigenvalue weighted by molar-refractivity contribution is 5.29. The fraction of sp³-hybridized carbons (Fsp3) is 0.429. The maximum Gasteiger partial charge on any atom is 0.287 e. The zero-order chi connectivity index (χ0) is 13.8. The van der Waals surface area contributed by atoms with E-state index in [0.717, 1.165) is 11.1 Å².